The van der Waals surface area contributed by atoms with E-state index in [1.54, 1.807) is 0 Å². The molecule has 0 unspecified atom stereocenters. The molecule has 1 aromatic heterocycles. The third-order valence-corrected chi connectivity index (χ3v) is 8.98. The molecule has 8 rings (SSSR count). The maximum atomic E-state index is 6.08. The molecule has 1 heterocycles. The Kier molecular flexibility index (Phi) is 6.76. The Morgan fingerprint density at radius 3 is 1.93 bits per heavy atom. The molecule has 0 atom stereocenters. The fourth-order valence-corrected chi connectivity index (χ4v) is 6.92. The van der Waals surface area contributed by atoms with Gasteiger partial charge >= 0.3 is 258 Å². The summed E-state index contributed by atoms with van der Waals surface area (Å²) in [6, 6.07) is 48.0. The summed E-state index contributed by atoms with van der Waals surface area (Å²) in [5, 5.41) is 9.81. The first-order valence-electron chi connectivity index (χ1n) is 15.6. The number of hydrogen-bond donors (Lipinski definition) is 0. The molecule has 0 amide bonds. The van der Waals surface area contributed by atoms with Gasteiger partial charge < -0.3 is 0 Å². The molecule has 0 aliphatic rings. The second-order valence-corrected chi connectivity index (χ2v) is 11.5. The van der Waals surface area contributed by atoms with Crippen LogP contribution in [0.4, 0.5) is 0 Å². The predicted molar refractivity (Wildman–Crippen MR) is 194 cm³/mol. The standard InChI is InChI=1S/C43H31BO/c1-3-4-14-37-42(34-19-11-13-29-12-5-6-15-32(29)34)36-18-8-7-17-35(36)41(43(37)44-2)30-23-21-28(22-24-30)31-25-26-40-38(27-31)33-16-9-10-20-39(33)45-40/h3-27H,1-2H3/b4-3-,37-14-. The van der Waals surface area contributed by atoms with Crippen LogP contribution < -0.4 is 5.22 Å². The Morgan fingerprint density at radius 2 is 1.16 bits per heavy atom. The SMILES string of the molecule is C/B=c1/c(-c2ccc(-c3ccc4oc5ccccc5c4c3)cc2)c2ccccc2c(-c2cccc3ccccc23)/c1=C/C=C\C. The van der Waals surface area contributed by atoms with Crippen LogP contribution in [-0.4, -0.2) is 6.92 Å². The van der Waals surface area contributed by atoms with Gasteiger partial charge in [0.2, 0.25) is 0 Å². The molecule has 0 aliphatic heterocycles. The first-order chi connectivity index (χ1) is 22.2. The Bertz CT molecular complexity index is 2540. The number of para-hydroxylation sites is 1. The molecule has 0 bridgehead atoms. The van der Waals surface area contributed by atoms with Crippen LogP contribution in [-0.2, 0) is 0 Å². The van der Waals surface area contributed by atoms with Crippen molar-refractivity contribution in [2.45, 2.75) is 13.7 Å². The first-order valence-corrected chi connectivity index (χ1v) is 15.6. The summed E-state index contributed by atoms with van der Waals surface area (Å²) in [6.07, 6.45) is 6.55. The average molecular weight is 575 g/mol. The van der Waals surface area contributed by atoms with Gasteiger partial charge in [-0.2, -0.15) is 0 Å². The molecule has 0 spiro atoms. The summed E-state index contributed by atoms with van der Waals surface area (Å²) >= 11 is 0. The van der Waals surface area contributed by atoms with Crippen LogP contribution in [0.15, 0.2) is 150 Å². The van der Waals surface area contributed by atoms with Crippen molar-refractivity contribution in [2.75, 3.05) is 0 Å². The average Bonchev–Trinajstić information content (AvgIpc) is 3.48. The van der Waals surface area contributed by atoms with E-state index in [9.17, 15) is 0 Å². The van der Waals surface area contributed by atoms with E-state index in [-0.39, 0.29) is 0 Å². The van der Waals surface area contributed by atoms with Crippen molar-refractivity contribution >= 4 is 56.5 Å². The number of furan rings is 1. The molecular formula is C43H31BO. The molecule has 0 N–H and O–H groups in total. The second-order valence-electron chi connectivity index (χ2n) is 11.5. The van der Waals surface area contributed by atoms with Crippen LogP contribution in [0.25, 0.3) is 82.9 Å². The van der Waals surface area contributed by atoms with E-state index in [4.69, 9.17) is 4.42 Å². The zero-order valence-electron chi connectivity index (χ0n) is 25.4. The summed E-state index contributed by atoms with van der Waals surface area (Å²) in [7, 11) is 0. The molecule has 45 heavy (non-hydrogen) atoms. The predicted octanol–water partition coefficient (Wildman–Crippen LogP) is 11.3. The van der Waals surface area contributed by atoms with Crippen molar-refractivity contribution < 1.29 is 4.42 Å². The normalized spacial score (nSPS) is 12.7. The summed E-state index contributed by atoms with van der Waals surface area (Å²) in [5.74, 6) is 0. The Hall–Kier alpha value is -5.47. The molecule has 0 saturated heterocycles. The van der Waals surface area contributed by atoms with E-state index in [0.29, 0.717) is 0 Å². The summed E-state index contributed by atoms with van der Waals surface area (Å²) in [5.41, 5.74) is 9.21. The van der Waals surface area contributed by atoms with E-state index in [0.717, 1.165) is 21.9 Å². The van der Waals surface area contributed by atoms with Crippen LogP contribution in [0, 0.1) is 5.11 Å². The van der Waals surface area contributed by atoms with E-state index in [1.807, 2.05) is 12.1 Å². The van der Waals surface area contributed by atoms with Gasteiger partial charge in [0.05, 0.1) is 0 Å². The third kappa shape index (κ3) is 4.53. The van der Waals surface area contributed by atoms with Gasteiger partial charge in [-0.1, -0.05) is 6.07 Å². The quantitative estimate of drug-likeness (QED) is 0.191. The van der Waals surface area contributed by atoms with Crippen molar-refractivity contribution in [1.29, 1.82) is 0 Å². The van der Waals surface area contributed by atoms with Crippen LogP contribution >= 0.6 is 0 Å². The monoisotopic (exact) mass is 574 g/mol. The molecule has 0 aliphatic carbocycles. The van der Waals surface area contributed by atoms with E-state index < -0.39 is 0 Å². The van der Waals surface area contributed by atoms with Crippen molar-refractivity contribution in [3.05, 3.63) is 156 Å². The van der Waals surface area contributed by atoms with Gasteiger partial charge in [0.25, 0.3) is 0 Å². The van der Waals surface area contributed by atoms with Crippen LogP contribution in [0.3, 0.4) is 0 Å². The van der Waals surface area contributed by atoms with Gasteiger partial charge in [0, 0.05) is 0 Å². The molecule has 2 heteroatoms. The molecule has 7 aromatic carbocycles. The van der Waals surface area contributed by atoms with Crippen molar-refractivity contribution in [3.8, 4) is 33.4 Å². The summed E-state index contributed by atoms with van der Waals surface area (Å²) < 4.78 is 6.08. The van der Waals surface area contributed by atoms with Crippen LogP contribution in [0.2, 0.25) is 6.82 Å². The Labute approximate surface area is 263 Å². The molecule has 1 nitrogen and oxygen atoms in total. The Morgan fingerprint density at radius 1 is 0.533 bits per heavy atom. The van der Waals surface area contributed by atoms with Crippen molar-refractivity contribution in [3.63, 3.8) is 0 Å². The molecule has 212 valence electrons. The molecule has 0 radical (unpaired) electrons. The van der Waals surface area contributed by atoms with Crippen molar-refractivity contribution in [1.82, 2.24) is 0 Å². The zero-order valence-corrected chi connectivity index (χ0v) is 25.4. The van der Waals surface area contributed by atoms with Gasteiger partial charge in [-0.25, -0.2) is 0 Å². The molecule has 0 fully saturated rings. The summed E-state index contributed by atoms with van der Waals surface area (Å²) in [4.78, 5) is 0. The number of fused-ring (bicyclic) bond motifs is 5. The summed E-state index contributed by atoms with van der Waals surface area (Å²) in [6.45, 7) is 6.51. The second kappa shape index (κ2) is 11.2. The zero-order chi connectivity index (χ0) is 30.3. The number of benzene rings is 7. The fraction of sp³-hybridized carbons (Fsp3) is 0.0465. The maximum absolute atomic E-state index is 6.08. The van der Waals surface area contributed by atoms with Crippen molar-refractivity contribution in [2.24, 2.45) is 0 Å². The third-order valence-electron chi connectivity index (χ3n) is 8.98. The topological polar surface area (TPSA) is 13.1 Å². The fourth-order valence-electron chi connectivity index (χ4n) is 6.92. The van der Waals surface area contributed by atoms with E-state index in [1.165, 1.54) is 65.3 Å². The van der Waals surface area contributed by atoms with E-state index in [2.05, 4.69) is 160 Å². The van der Waals surface area contributed by atoms with Gasteiger partial charge in [0.1, 0.15) is 0 Å². The molecule has 0 saturated carbocycles. The number of allylic oxidation sites excluding steroid dienone is 2. The minimum absolute atomic E-state index is 0.919. The van der Waals surface area contributed by atoms with E-state index >= 15 is 0 Å². The van der Waals surface area contributed by atoms with Crippen LogP contribution in [0.1, 0.15) is 6.92 Å². The van der Waals surface area contributed by atoms with Gasteiger partial charge in [-0.05, 0) is 0 Å². The number of hydrogen-bond acceptors (Lipinski definition) is 1. The first kappa shape index (κ1) is 27.1. The van der Waals surface area contributed by atoms with Gasteiger partial charge in [0.15, 0.2) is 0 Å². The minimum atomic E-state index is 0.919. The van der Waals surface area contributed by atoms with Crippen LogP contribution in [0.5, 0.6) is 0 Å². The molecule has 8 aromatic rings. The van der Waals surface area contributed by atoms with Gasteiger partial charge in [-0.15, -0.1) is 0 Å². The number of rotatable bonds is 4. The molecular weight excluding hydrogens is 543 g/mol. The Balaban J connectivity index is 1.36. The van der Waals surface area contributed by atoms with Gasteiger partial charge in [-0.3, -0.25) is 0 Å².